The van der Waals surface area contributed by atoms with E-state index in [-0.39, 0.29) is 0 Å². The molecule has 0 amide bonds. The molecule has 1 aliphatic rings. The lowest BCUT2D eigenvalue weighted by Crippen LogP contribution is -2.32. The highest BCUT2D eigenvalue weighted by Gasteiger charge is 2.19. The van der Waals surface area contributed by atoms with Gasteiger partial charge >= 0.3 is 0 Å². The van der Waals surface area contributed by atoms with Crippen LogP contribution in [0.4, 0.5) is 0 Å². The van der Waals surface area contributed by atoms with Crippen LogP contribution in [0.2, 0.25) is 0 Å². The molecule has 2 nitrogen and oxygen atoms in total. The van der Waals surface area contributed by atoms with E-state index in [4.69, 9.17) is 5.41 Å². The van der Waals surface area contributed by atoms with Crippen molar-refractivity contribution in [2.75, 3.05) is 26.4 Å². The van der Waals surface area contributed by atoms with E-state index in [0.29, 0.717) is 5.92 Å². The molecule has 1 rings (SSSR count). The fourth-order valence-electron chi connectivity index (χ4n) is 1.44. The van der Waals surface area contributed by atoms with Crippen molar-refractivity contribution in [2.45, 2.75) is 12.8 Å². The Morgan fingerprint density at radius 2 is 2.00 bits per heavy atom. The van der Waals surface area contributed by atoms with Gasteiger partial charge < -0.3 is 4.90 Å². The summed E-state index contributed by atoms with van der Waals surface area (Å²) in [4.78, 5) is 2.34. The lowest BCUT2D eigenvalue weighted by atomic mass is 9.98. The molecule has 1 N–H and O–H groups in total. The molecule has 64 valence electrons. The number of likely N-dealkylation sites (tertiary alicyclic amines) is 1. The molecule has 1 heterocycles. The summed E-state index contributed by atoms with van der Waals surface area (Å²) in [5.74, 6) is 0.557. The van der Waals surface area contributed by atoms with E-state index in [0.717, 1.165) is 18.1 Å². The molecule has 0 unspecified atom stereocenters. The molecular formula is C8H16N2S. The second-order valence-electron chi connectivity index (χ2n) is 3.15. The van der Waals surface area contributed by atoms with Crippen LogP contribution in [0, 0.1) is 11.3 Å². The molecule has 0 bridgehead atoms. The van der Waals surface area contributed by atoms with Gasteiger partial charge in [0.05, 0.1) is 5.04 Å². The maximum Gasteiger partial charge on any atom is 0.0670 e. The second kappa shape index (κ2) is 4.12. The van der Waals surface area contributed by atoms with Crippen LogP contribution in [-0.2, 0) is 0 Å². The Labute approximate surface area is 72.9 Å². The van der Waals surface area contributed by atoms with Crippen molar-refractivity contribution in [1.29, 1.82) is 5.41 Å². The average molecular weight is 172 g/mol. The molecule has 0 saturated carbocycles. The zero-order valence-electron chi connectivity index (χ0n) is 7.26. The molecule has 1 aliphatic heterocycles. The summed E-state index contributed by atoms with van der Waals surface area (Å²) < 4.78 is 0. The topological polar surface area (TPSA) is 27.1 Å². The first-order valence-electron chi connectivity index (χ1n) is 4.05. The third-order valence-electron chi connectivity index (χ3n) is 2.31. The van der Waals surface area contributed by atoms with Gasteiger partial charge in [-0.2, -0.15) is 0 Å². The molecule has 3 heteroatoms. The Morgan fingerprint density at radius 3 is 2.45 bits per heavy atom. The Morgan fingerprint density at radius 1 is 1.45 bits per heavy atom. The first kappa shape index (κ1) is 9.07. The van der Waals surface area contributed by atoms with Crippen LogP contribution in [0.5, 0.6) is 0 Å². The predicted octanol–water partition coefficient (Wildman–Crippen LogP) is 1.67. The van der Waals surface area contributed by atoms with Crippen LogP contribution in [0.3, 0.4) is 0 Å². The standard InChI is InChI=1S/C8H16N2S/c1-10-5-3-7(4-6-10)8(9)11-2/h7,9H,3-6H2,1-2H3. The maximum atomic E-state index is 7.64. The average Bonchev–Trinajstić information content (AvgIpc) is 2.05. The van der Waals surface area contributed by atoms with Gasteiger partial charge in [0, 0.05) is 5.92 Å². The fraction of sp³-hybridized carbons (Fsp3) is 0.875. The van der Waals surface area contributed by atoms with E-state index in [1.807, 2.05) is 6.26 Å². The van der Waals surface area contributed by atoms with Gasteiger partial charge in [-0.15, -0.1) is 11.8 Å². The summed E-state index contributed by atoms with van der Waals surface area (Å²) in [5.41, 5.74) is 0. The molecule has 0 aromatic carbocycles. The third kappa shape index (κ3) is 2.49. The molecule has 1 saturated heterocycles. The van der Waals surface area contributed by atoms with E-state index in [1.165, 1.54) is 12.8 Å². The fourth-order valence-corrected chi connectivity index (χ4v) is 2.01. The first-order chi connectivity index (χ1) is 5.24. The van der Waals surface area contributed by atoms with Crippen LogP contribution in [0.15, 0.2) is 0 Å². The molecule has 0 aliphatic carbocycles. The summed E-state index contributed by atoms with van der Waals surface area (Å²) in [6.45, 7) is 2.32. The second-order valence-corrected chi connectivity index (χ2v) is 3.99. The first-order valence-corrected chi connectivity index (χ1v) is 5.27. The normalized spacial score (nSPS) is 22.0. The number of nitrogens with one attached hydrogen (secondary N) is 1. The Hall–Kier alpha value is -0.0200. The highest BCUT2D eigenvalue weighted by atomic mass is 32.2. The predicted molar refractivity (Wildman–Crippen MR) is 51.5 cm³/mol. The summed E-state index contributed by atoms with van der Waals surface area (Å²) in [6, 6.07) is 0. The number of piperidine rings is 1. The molecule has 11 heavy (non-hydrogen) atoms. The minimum Gasteiger partial charge on any atom is -0.306 e. The largest absolute Gasteiger partial charge is 0.306 e. The molecule has 0 aromatic heterocycles. The SMILES string of the molecule is CSC(=N)C1CCN(C)CC1. The van der Waals surface area contributed by atoms with E-state index >= 15 is 0 Å². The summed E-state index contributed by atoms with van der Waals surface area (Å²) in [7, 11) is 2.15. The molecule has 1 fully saturated rings. The van der Waals surface area contributed by atoms with Gasteiger partial charge in [-0.05, 0) is 39.2 Å². The minimum atomic E-state index is 0.557. The highest BCUT2D eigenvalue weighted by Crippen LogP contribution is 2.21. The monoisotopic (exact) mass is 172 g/mol. The number of thioether (sulfide) groups is 1. The van der Waals surface area contributed by atoms with Crippen LogP contribution in [0.25, 0.3) is 0 Å². The van der Waals surface area contributed by atoms with E-state index in [9.17, 15) is 0 Å². The molecule has 0 atom stereocenters. The zero-order valence-corrected chi connectivity index (χ0v) is 8.08. The van der Waals surface area contributed by atoms with Crippen LogP contribution in [-0.4, -0.2) is 36.3 Å². The quantitative estimate of drug-likeness (QED) is 0.481. The molecule has 0 aromatic rings. The van der Waals surface area contributed by atoms with Gasteiger partial charge in [-0.3, -0.25) is 5.41 Å². The summed E-state index contributed by atoms with van der Waals surface area (Å²) >= 11 is 1.60. The minimum absolute atomic E-state index is 0.557. The number of hydrogen-bond donors (Lipinski definition) is 1. The number of rotatable bonds is 1. The maximum absolute atomic E-state index is 7.64. The third-order valence-corrected chi connectivity index (χ3v) is 3.08. The van der Waals surface area contributed by atoms with Crippen LogP contribution in [0.1, 0.15) is 12.8 Å². The van der Waals surface area contributed by atoms with Gasteiger partial charge in [0.1, 0.15) is 0 Å². The van der Waals surface area contributed by atoms with Crippen molar-refractivity contribution in [3.05, 3.63) is 0 Å². The van der Waals surface area contributed by atoms with Crippen molar-refractivity contribution < 1.29 is 0 Å². The van der Waals surface area contributed by atoms with Crippen LogP contribution < -0.4 is 0 Å². The molecular weight excluding hydrogens is 156 g/mol. The smallest absolute Gasteiger partial charge is 0.0670 e. The number of nitrogens with zero attached hydrogens (tertiary/aromatic N) is 1. The van der Waals surface area contributed by atoms with E-state index in [2.05, 4.69) is 11.9 Å². The highest BCUT2D eigenvalue weighted by molar-refractivity contribution is 8.13. The van der Waals surface area contributed by atoms with Gasteiger partial charge in [0.15, 0.2) is 0 Å². The van der Waals surface area contributed by atoms with Crippen molar-refractivity contribution in [3.63, 3.8) is 0 Å². The Bertz CT molecular complexity index is 139. The summed E-state index contributed by atoms with van der Waals surface area (Å²) in [5, 5.41) is 8.52. The van der Waals surface area contributed by atoms with Gasteiger partial charge in [-0.1, -0.05) is 0 Å². The Balaban J connectivity index is 2.33. The van der Waals surface area contributed by atoms with Crippen molar-refractivity contribution in [1.82, 2.24) is 4.90 Å². The lowest BCUT2D eigenvalue weighted by Gasteiger charge is -2.28. The van der Waals surface area contributed by atoms with Crippen molar-refractivity contribution in [3.8, 4) is 0 Å². The van der Waals surface area contributed by atoms with Gasteiger partial charge in [0.2, 0.25) is 0 Å². The number of hydrogen-bond acceptors (Lipinski definition) is 3. The van der Waals surface area contributed by atoms with Gasteiger partial charge in [0.25, 0.3) is 0 Å². The molecule has 0 radical (unpaired) electrons. The lowest BCUT2D eigenvalue weighted by molar-refractivity contribution is 0.253. The van der Waals surface area contributed by atoms with Crippen LogP contribution >= 0.6 is 11.8 Å². The van der Waals surface area contributed by atoms with Crippen molar-refractivity contribution >= 4 is 16.8 Å². The Kier molecular flexibility index (Phi) is 3.40. The summed E-state index contributed by atoms with van der Waals surface area (Å²) in [6.07, 6.45) is 4.35. The van der Waals surface area contributed by atoms with Gasteiger partial charge in [-0.25, -0.2) is 0 Å². The van der Waals surface area contributed by atoms with E-state index < -0.39 is 0 Å². The zero-order chi connectivity index (χ0) is 8.27. The van der Waals surface area contributed by atoms with E-state index in [1.54, 1.807) is 11.8 Å². The molecule has 0 spiro atoms. The van der Waals surface area contributed by atoms with Crippen molar-refractivity contribution in [2.24, 2.45) is 5.92 Å².